The number of aromatic nitrogens is 2. The number of nitrogens with zero attached hydrogens (tertiary/aromatic N) is 2. The van der Waals surface area contributed by atoms with Gasteiger partial charge >= 0.3 is 0 Å². The van der Waals surface area contributed by atoms with Gasteiger partial charge in [0.25, 0.3) is 5.91 Å². The molecule has 0 aliphatic carbocycles. The van der Waals surface area contributed by atoms with E-state index < -0.39 is 0 Å². The smallest absolute Gasteiger partial charge is 0.253 e. The molecule has 0 radical (unpaired) electrons. The van der Waals surface area contributed by atoms with Gasteiger partial charge in [0.15, 0.2) is 0 Å². The van der Waals surface area contributed by atoms with Crippen molar-refractivity contribution in [3.8, 4) is 5.69 Å². The number of para-hydroxylation sites is 1. The van der Waals surface area contributed by atoms with Crippen LogP contribution in [0.2, 0.25) is 0 Å². The Labute approximate surface area is 135 Å². The zero-order chi connectivity index (χ0) is 16.1. The molecule has 3 N–H and O–H groups in total. The Morgan fingerprint density at radius 2 is 2.13 bits per heavy atom. The number of ether oxygens (including phenoxy) is 1. The summed E-state index contributed by atoms with van der Waals surface area (Å²) in [6.45, 7) is 2.68. The van der Waals surface area contributed by atoms with E-state index >= 15 is 0 Å². The van der Waals surface area contributed by atoms with Gasteiger partial charge in [0, 0.05) is 38.1 Å². The van der Waals surface area contributed by atoms with Crippen molar-refractivity contribution < 1.29 is 9.53 Å². The Bertz CT molecular complexity index is 662. The van der Waals surface area contributed by atoms with Gasteiger partial charge in [-0.3, -0.25) is 4.79 Å². The summed E-state index contributed by atoms with van der Waals surface area (Å²) in [6, 6.07) is 7.46. The number of amides is 1. The average molecular weight is 314 g/mol. The molecule has 1 aromatic carbocycles. The van der Waals surface area contributed by atoms with E-state index in [1.165, 1.54) is 0 Å². The van der Waals surface area contributed by atoms with Crippen LogP contribution in [0.15, 0.2) is 36.7 Å². The Morgan fingerprint density at radius 1 is 1.35 bits per heavy atom. The number of benzene rings is 1. The first-order valence-corrected chi connectivity index (χ1v) is 7.97. The quantitative estimate of drug-likeness (QED) is 0.876. The van der Waals surface area contributed by atoms with Crippen molar-refractivity contribution >= 4 is 5.91 Å². The van der Waals surface area contributed by atoms with Crippen LogP contribution < -0.4 is 11.1 Å². The second kappa shape index (κ2) is 7.39. The summed E-state index contributed by atoms with van der Waals surface area (Å²) in [5.74, 6) is 0.422. The molecular formula is C17H22N4O2. The van der Waals surface area contributed by atoms with Gasteiger partial charge < -0.3 is 15.8 Å². The molecule has 1 aliphatic rings. The summed E-state index contributed by atoms with van der Waals surface area (Å²) in [5.41, 5.74) is 7.94. The topological polar surface area (TPSA) is 82.2 Å². The maximum atomic E-state index is 12.5. The van der Waals surface area contributed by atoms with Crippen LogP contribution in [0.5, 0.6) is 0 Å². The molecule has 1 fully saturated rings. The molecule has 23 heavy (non-hydrogen) atoms. The van der Waals surface area contributed by atoms with Gasteiger partial charge in [0.05, 0.1) is 17.4 Å². The molecule has 6 heteroatoms. The van der Waals surface area contributed by atoms with Crippen LogP contribution >= 0.6 is 0 Å². The number of carbonyl (C=O) groups is 1. The minimum absolute atomic E-state index is 0.0723. The van der Waals surface area contributed by atoms with E-state index in [2.05, 4.69) is 10.4 Å². The third-order valence-electron chi connectivity index (χ3n) is 4.16. The van der Waals surface area contributed by atoms with Crippen molar-refractivity contribution in [1.82, 2.24) is 15.1 Å². The second-order valence-corrected chi connectivity index (χ2v) is 5.78. The van der Waals surface area contributed by atoms with Crippen LogP contribution in [0, 0.1) is 5.92 Å². The zero-order valence-electron chi connectivity index (χ0n) is 13.1. The van der Waals surface area contributed by atoms with Gasteiger partial charge in [0.1, 0.15) is 0 Å². The van der Waals surface area contributed by atoms with E-state index in [0.29, 0.717) is 24.6 Å². The van der Waals surface area contributed by atoms with Crippen LogP contribution in [0.4, 0.5) is 0 Å². The number of carbonyl (C=O) groups excluding carboxylic acids is 1. The molecule has 0 spiro atoms. The lowest BCUT2D eigenvalue weighted by Crippen LogP contribution is -2.32. The van der Waals surface area contributed by atoms with Crippen LogP contribution in [-0.2, 0) is 11.3 Å². The molecule has 1 aliphatic heterocycles. The molecule has 1 saturated heterocycles. The minimum Gasteiger partial charge on any atom is -0.381 e. The van der Waals surface area contributed by atoms with Crippen molar-refractivity contribution in [1.29, 1.82) is 0 Å². The normalized spacial score (nSPS) is 15.5. The SMILES string of the molecule is NCc1cnn(-c2ccccc2C(=O)NCC2CCOCC2)c1. The standard InChI is InChI=1S/C17H22N4O2/c18-9-14-11-20-21(12-14)16-4-2-1-3-15(16)17(22)19-10-13-5-7-23-8-6-13/h1-4,11-13H,5-10,18H2,(H,19,22). The van der Waals surface area contributed by atoms with Gasteiger partial charge in [-0.05, 0) is 30.9 Å². The lowest BCUT2D eigenvalue weighted by atomic mass is 10.0. The molecule has 0 atom stereocenters. The monoisotopic (exact) mass is 314 g/mol. The predicted molar refractivity (Wildman–Crippen MR) is 87.3 cm³/mol. The Morgan fingerprint density at radius 3 is 2.87 bits per heavy atom. The van der Waals surface area contributed by atoms with Crippen LogP contribution in [0.3, 0.4) is 0 Å². The Kier molecular flexibility index (Phi) is 5.05. The average Bonchev–Trinajstić information content (AvgIpc) is 3.09. The van der Waals surface area contributed by atoms with Crippen LogP contribution in [0.25, 0.3) is 5.69 Å². The molecule has 2 aromatic rings. The number of nitrogens with one attached hydrogen (secondary N) is 1. The number of hydrogen-bond acceptors (Lipinski definition) is 4. The van der Waals surface area contributed by atoms with Crippen molar-refractivity contribution in [2.24, 2.45) is 11.7 Å². The van der Waals surface area contributed by atoms with Gasteiger partial charge in [-0.15, -0.1) is 0 Å². The first-order valence-electron chi connectivity index (χ1n) is 7.97. The molecule has 6 nitrogen and oxygen atoms in total. The molecule has 0 saturated carbocycles. The molecule has 1 amide bonds. The largest absolute Gasteiger partial charge is 0.381 e. The fourth-order valence-electron chi connectivity index (χ4n) is 2.75. The minimum atomic E-state index is -0.0723. The maximum Gasteiger partial charge on any atom is 0.253 e. The first-order chi connectivity index (χ1) is 11.3. The molecule has 3 rings (SSSR count). The van der Waals surface area contributed by atoms with Crippen molar-refractivity contribution in [3.63, 3.8) is 0 Å². The zero-order valence-corrected chi connectivity index (χ0v) is 13.1. The van der Waals surface area contributed by atoms with Crippen molar-refractivity contribution in [2.75, 3.05) is 19.8 Å². The third kappa shape index (κ3) is 3.78. The number of hydrogen-bond donors (Lipinski definition) is 2. The molecule has 0 bridgehead atoms. The van der Waals surface area contributed by atoms with E-state index in [-0.39, 0.29) is 5.91 Å². The lowest BCUT2D eigenvalue weighted by molar-refractivity contribution is 0.0642. The van der Waals surface area contributed by atoms with Gasteiger partial charge in [0.2, 0.25) is 0 Å². The predicted octanol–water partition coefficient (Wildman–Crippen LogP) is 1.49. The fourth-order valence-corrected chi connectivity index (χ4v) is 2.75. The molecule has 0 unspecified atom stereocenters. The second-order valence-electron chi connectivity index (χ2n) is 5.78. The Balaban J connectivity index is 1.72. The summed E-state index contributed by atoms with van der Waals surface area (Å²) in [5, 5.41) is 7.33. The van der Waals surface area contributed by atoms with E-state index in [1.54, 1.807) is 10.9 Å². The van der Waals surface area contributed by atoms with Gasteiger partial charge in [-0.2, -0.15) is 5.10 Å². The summed E-state index contributed by atoms with van der Waals surface area (Å²) in [6.07, 6.45) is 5.57. The molecular weight excluding hydrogens is 292 g/mol. The summed E-state index contributed by atoms with van der Waals surface area (Å²) < 4.78 is 7.05. The highest BCUT2D eigenvalue weighted by atomic mass is 16.5. The van der Waals surface area contributed by atoms with E-state index in [0.717, 1.165) is 37.3 Å². The third-order valence-corrected chi connectivity index (χ3v) is 4.16. The van der Waals surface area contributed by atoms with Gasteiger partial charge in [-0.25, -0.2) is 4.68 Å². The lowest BCUT2D eigenvalue weighted by Gasteiger charge is -2.22. The van der Waals surface area contributed by atoms with E-state index in [4.69, 9.17) is 10.5 Å². The van der Waals surface area contributed by atoms with E-state index in [1.807, 2.05) is 30.5 Å². The number of nitrogens with two attached hydrogens (primary N) is 1. The highest BCUT2D eigenvalue weighted by Crippen LogP contribution is 2.16. The molecule has 2 heterocycles. The highest BCUT2D eigenvalue weighted by molar-refractivity contribution is 5.97. The van der Waals surface area contributed by atoms with Crippen molar-refractivity contribution in [3.05, 3.63) is 47.8 Å². The first kappa shape index (κ1) is 15.7. The fraction of sp³-hybridized carbons (Fsp3) is 0.412. The molecule has 122 valence electrons. The highest BCUT2D eigenvalue weighted by Gasteiger charge is 2.17. The summed E-state index contributed by atoms with van der Waals surface area (Å²) in [4.78, 5) is 12.5. The summed E-state index contributed by atoms with van der Waals surface area (Å²) >= 11 is 0. The maximum absolute atomic E-state index is 12.5. The van der Waals surface area contributed by atoms with Crippen molar-refractivity contribution in [2.45, 2.75) is 19.4 Å². The van der Waals surface area contributed by atoms with Crippen LogP contribution in [0.1, 0.15) is 28.8 Å². The Hall–Kier alpha value is -2.18. The van der Waals surface area contributed by atoms with E-state index in [9.17, 15) is 4.79 Å². The summed E-state index contributed by atoms with van der Waals surface area (Å²) in [7, 11) is 0. The van der Waals surface area contributed by atoms with Crippen LogP contribution in [-0.4, -0.2) is 35.4 Å². The van der Waals surface area contributed by atoms with Gasteiger partial charge in [-0.1, -0.05) is 12.1 Å². The molecule has 1 aromatic heterocycles. The number of rotatable bonds is 5.